The fourth-order valence-corrected chi connectivity index (χ4v) is 4.00. The van der Waals surface area contributed by atoms with Gasteiger partial charge in [0.15, 0.2) is 0 Å². The number of piperidine rings is 1. The van der Waals surface area contributed by atoms with Gasteiger partial charge >= 0.3 is 0 Å². The number of fused-ring (bicyclic) bond motifs is 1. The van der Waals surface area contributed by atoms with E-state index in [0.29, 0.717) is 18.1 Å². The van der Waals surface area contributed by atoms with Crippen LogP contribution < -0.4 is 0 Å². The second kappa shape index (κ2) is 5.84. The Labute approximate surface area is 122 Å². The third-order valence-corrected chi connectivity index (χ3v) is 5.05. The molecule has 0 saturated carbocycles. The first-order chi connectivity index (χ1) is 9.66. The van der Waals surface area contributed by atoms with Gasteiger partial charge in [-0.25, -0.2) is 0 Å². The van der Waals surface area contributed by atoms with Crippen molar-refractivity contribution in [2.24, 2.45) is 0 Å². The summed E-state index contributed by atoms with van der Waals surface area (Å²) in [7, 11) is 0. The monoisotopic (exact) mass is 276 g/mol. The molecule has 2 atom stereocenters. The summed E-state index contributed by atoms with van der Waals surface area (Å²) < 4.78 is 2.43. The third-order valence-electron chi connectivity index (χ3n) is 5.05. The van der Waals surface area contributed by atoms with Gasteiger partial charge in [0.2, 0.25) is 0 Å². The maximum Gasteiger partial charge on any atom is 0.134 e. The molecule has 1 aromatic heterocycles. The summed E-state index contributed by atoms with van der Waals surface area (Å²) >= 11 is 0. The Hall–Kier alpha value is -0.900. The van der Waals surface area contributed by atoms with E-state index in [1.54, 1.807) is 0 Å². The summed E-state index contributed by atoms with van der Waals surface area (Å²) in [5.41, 5.74) is 0. The van der Waals surface area contributed by atoms with Gasteiger partial charge in [-0.3, -0.25) is 4.90 Å². The molecule has 0 bridgehead atoms. The lowest BCUT2D eigenvalue weighted by molar-refractivity contribution is 0.109. The van der Waals surface area contributed by atoms with Crippen LogP contribution in [-0.4, -0.2) is 38.3 Å². The Morgan fingerprint density at radius 2 is 2.00 bits per heavy atom. The van der Waals surface area contributed by atoms with Gasteiger partial charge in [0.1, 0.15) is 11.6 Å². The second-order valence-electron chi connectivity index (χ2n) is 6.83. The number of aryl methyl sites for hydroxylation is 1. The van der Waals surface area contributed by atoms with Crippen LogP contribution in [0.1, 0.15) is 70.6 Å². The smallest absolute Gasteiger partial charge is 0.134 e. The van der Waals surface area contributed by atoms with E-state index in [9.17, 15) is 0 Å². The maximum atomic E-state index is 4.52. The van der Waals surface area contributed by atoms with Gasteiger partial charge < -0.3 is 4.57 Å². The van der Waals surface area contributed by atoms with Gasteiger partial charge in [0, 0.05) is 31.0 Å². The number of rotatable bonds is 3. The van der Waals surface area contributed by atoms with Gasteiger partial charge in [0.05, 0.1) is 0 Å². The summed E-state index contributed by atoms with van der Waals surface area (Å²) in [4.78, 5) is 2.67. The first kappa shape index (κ1) is 14.1. The molecule has 112 valence electrons. The van der Waals surface area contributed by atoms with E-state index < -0.39 is 0 Å². The fraction of sp³-hybridized carbons (Fsp3) is 0.875. The Kier molecular flexibility index (Phi) is 4.11. The molecule has 0 aromatic carbocycles. The molecule has 1 fully saturated rings. The van der Waals surface area contributed by atoms with E-state index in [0.717, 1.165) is 12.8 Å². The molecule has 0 radical (unpaired) electrons. The van der Waals surface area contributed by atoms with Crippen molar-refractivity contribution in [2.75, 3.05) is 6.54 Å². The molecule has 3 heterocycles. The lowest BCUT2D eigenvalue weighted by Gasteiger charge is -2.38. The first-order valence-electron chi connectivity index (χ1n) is 8.35. The Morgan fingerprint density at radius 1 is 1.15 bits per heavy atom. The summed E-state index contributed by atoms with van der Waals surface area (Å²) in [6, 6.07) is 1.88. The zero-order valence-electron chi connectivity index (χ0n) is 13.2. The van der Waals surface area contributed by atoms with Crippen LogP contribution >= 0.6 is 0 Å². The molecule has 1 aromatic rings. The molecule has 0 N–H and O–H groups in total. The lowest BCUT2D eigenvalue weighted by atomic mass is 9.97. The number of aromatic nitrogens is 3. The molecule has 3 rings (SSSR count). The highest BCUT2D eigenvalue weighted by molar-refractivity contribution is 5.04. The van der Waals surface area contributed by atoms with E-state index in [-0.39, 0.29) is 0 Å². The zero-order chi connectivity index (χ0) is 14.1. The average Bonchev–Trinajstić information content (AvgIpc) is 2.84. The highest BCUT2D eigenvalue weighted by atomic mass is 15.3. The third kappa shape index (κ3) is 2.62. The predicted octanol–water partition coefficient (Wildman–Crippen LogP) is 2.98. The summed E-state index contributed by atoms with van der Waals surface area (Å²) in [6.07, 6.45) is 8.76. The van der Waals surface area contributed by atoms with Crippen molar-refractivity contribution in [3.63, 3.8) is 0 Å². The van der Waals surface area contributed by atoms with Crippen molar-refractivity contribution >= 4 is 0 Å². The normalized spacial score (nSPS) is 27.8. The van der Waals surface area contributed by atoms with Crippen molar-refractivity contribution < 1.29 is 0 Å². The molecule has 0 aliphatic carbocycles. The Bertz CT molecular complexity index is 451. The zero-order valence-corrected chi connectivity index (χ0v) is 13.2. The molecular formula is C16H28N4. The SMILES string of the molecule is CC(C)N1CCCCC1Cc1nnc2n1C(C)CCC2. The molecule has 0 amide bonds. The number of nitrogens with zero attached hydrogens (tertiary/aromatic N) is 4. The van der Waals surface area contributed by atoms with Crippen LogP contribution in [0.3, 0.4) is 0 Å². The quantitative estimate of drug-likeness (QED) is 0.851. The van der Waals surface area contributed by atoms with Crippen LogP contribution in [0.5, 0.6) is 0 Å². The van der Waals surface area contributed by atoms with Crippen LogP contribution in [0, 0.1) is 0 Å². The van der Waals surface area contributed by atoms with E-state index in [1.165, 1.54) is 50.3 Å². The standard InChI is InChI=1S/C16H28N4/c1-12(2)19-10-5-4-8-14(19)11-16-18-17-15-9-6-7-13(3)20(15)16/h12-14H,4-11H2,1-3H3. The van der Waals surface area contributed by atoms with Crippen LogP contribution in [0.15, 0.2) is 0 Å². The van der Waals surface area contributed by atoms with Crippen LogP contribution in [0.25, 0.3) is 0 Å². The minimum absolute atomic E-state index is 0.583. The minimum Gasteiger partial charge on any atom is -0.312 e. The molecule has 0 spiro atoms. The van der Waals surface area contributed by atoms with E-state index in [4.69, 9.17) is 0 Å². The van der Waals surface area contributed by atoms with Gasteiger partial charge in [-0.15, -0.1) is 10.2 Å². The van der Waals surface area contributed by atoms with Gasteiger partial charge in [0.25, 0.3) is 0 Å². The highest BCUT2D eigenvalue weighted by Gasteiger charge is 2.28. The Balaban J connectivity index is 1.78. The molecule has 1 saturated heterocycles. The Morgan fingerprint density at radius 3 is 2.80 bits per heavy atom. The second-order valence-corrected chi connectivity index (χ2v) is 6.83. The van der Waals surface area contributed by atoms with Gasteiger partial charge in [-0.2, -0.15) is 0 Å². The van der Waals surface area contributed by atoms with Crippen LogP contribution in [0.2, 0.25) is 0 Å². The van der Waals surface area contributed by atoms with E-state index >= 15 is 0 Å². The molecule has 4 heteroatoms. The number of hydrogen-bond donors (Lipinski definition) is 0. The van der Waals surface area contributed by atoms with Crippen LogP contribution in [0.4, 0.5) is 0 Å². The summed E-state index contributed by atoms with van der Waals surface area (Å²) in [5, 5.41) is 8.96. The topological polar surface area (TPSA) is 34.0 Å². The van der Waals surface area contributed by atoms with Crippen molar-refractivity contribution in [2.45, 2.75) is 83.8 Å². The number of likely N-dealkylation sites (tertiary alicyclic amines) is 1. The van der Waals surface area contributed by atoms with Crippen molar-refractivity contribution in [3.8, 4) is 0 Å². The molecule has 2 aliphatic rings. The summed E-state index contributed by atoms with van der Waals surface area (Å²) in [5.74, 6) is 2.44. The van der Waals surface area contributed by atoms with Crippen molar-refractivity contribution in [1.82, 2.24) is 19.7 Å². The van der Waals surface area contributed by atoms with Crippen molar-refractivity contribution in [1.29, 1.82) is 0 Å². The largest absolute Gasteiger partial charge is 0.312 e. The minimum atomic E-state index is 0.583. The molecule has 2 aliphatic heterocycles. The van der Waals surface area contributed by atoms with E-state index in [2.05, 4.69) is 40.4 Å². The summed E-state index contributed by atoms with van der Waals surface area (Å²) in [6.45, 7) is 8.20. The molecule has 2 unspecified atom stereocenters. The predicted molar refractivity (Wildman–Crippen MR) is 80.9 cm³/mol. The lowest BCUT2D eigenvalue weighted by Crippen LogP contribution is -2.45. The van der Waals surface area contributed by atoms with Crippen molar-refractivity contribution in [3.05, 3.63) is 11.6 Å². The highest BCUT2D eigenvalue weighted by Crippen LogP contribution is 2.27. The van der Waals surface area contributed by atoms with Gasteiger partial charge in [-0.05, 0) is 53.0 Å². The molecule has 20 heavy (non-hydrogen) atoms. The molecular weight excluding hydrogens is 248 g/mol. The van der Waals surface area contributed by atoms with Gasteiger partial charge in [-0.1, -0.05) is 6.42 Å². The fourth-order valence-electron chi connectivity index (χ4n) is 4.00. The average molecular weight is 276 g/mol. The maximum absolute atomic E-state index is 4.52. The number of hydrogen-bond acceptors (Lipinski definition) is 3. The molecule has 4 nitrogen and oxygen atoms in total. The first-order valence-corrected chi connectivity index (χ1v) is 8.35. The van der Waals surface area contributed by atoms with Crippen LogP contribution in [-0.2, 0) is 12.8 Å². The van der Waals surface area contributed by atoms with E-state index in [1.807, 2.05) is 0 Å².